The Hall–Kier alpha value is -2.76. The molecule has 1 aromatic heterocycles. The summed E-state index contributed by atoms with van der Waals surface area (Å²) >= 11 is 0. The van der Waals surface area contributed by atoms with Crippen LogP contribution in [-0.2, 0) is 16.0 Å². The van der Waals surface area contributed by atoms with E-state index >= 15 is 0 Å². The zero-order valence-electron chi connectivity index (χ0n) is 14.6. The van der Waals surface area contributed by atoms with Crippen molar-refractivity contribution in [2.75, 3.05) is 0 Å². The maximum atomic E-state index is 11.9. The second-order valence-electron chi connectivity index (χ2n) is 6.92. The largest absolute Gasteiger partial charge is 0.507 e. The van der Waals surface area contributed by atoms with Crippen LogP contribution in [0.3, 0.4) is 0 Å². The molecule has 6 heteroatoms. The van der Waals surface area contributed by atoms with E-state index in [4.69, 9.17) is 13.9 Å². The number of hydrogen-bond donors (Lipinski definition) is 1. The number of phenols is 1. The van der Waals surface area contributed by atoms with Gasteiger partial charge in [-0.2, -0.15) is 0 Å². The topological polar surface area (TPSA) is 86.0 Å². The number of allylic oxidation sites excluding steroid dienone is 1. The molecule has 0 saturated carbocycles. The minimum absolute atomic E-state index is 0.0187. The summed E-state index contributed by atoms with van der Waals surface area (Å²) in [4.78, 5) is 23.3. The Morgan fingerprint density at radius 2 is 2.08 bits per heavy atom. The van der Waals surface area contributed by atoms with E-state index in [9.17, 15) is 14.7 Å². The summed E-state index contributed by atoms with van der Waals surface area (Å²) in [6, 6.07) is 4.36. The van der Waals surface area contributed by atoms with Crippen LogP contribution in [0.15, 0.2) is 39.1 Å². The number of esters is 1. The van der Waals surface area contributed by atoms with Crippen LogP contribution >= 0.6 is 0 Å². The second kappa shape index (κ2) is 5.95. The van der Waals surface area contributed by atoms with Gasteiger partial charge in [0.05, 0.1) is 5.39 Å². The van der Waals surface area contributed by atoms with Gasteiger partial charge in [0, 0.05) is 30.2 Å². The van der Waals surface area contributed by atoms with Gasteiger partial charge in [-0.05, 0) is 33.8 Å². The lowest BCUT2D eigenvalue weighted by Gasteiger charge is -2.30. The molecule has 0 bridgehead atoms. The van der Waals surface area contributed by atoms with E-state index in [0.29, 0.717) is 23.1 Å². The number of carbonyl (C=O) groups is 1. The first-order valence-electron chi connectivity index (χ1n) is 8.00. The van der Waals surface area contributed by atoms with E-state index in [1.165, 1.54) is 18.2 Å². The lowest BCUT2D eigenvalue weighted by atomic mass is 9.95. The van der Waals surface area contributed by atoms with Crippen molar-refractivity contribution in [3.63, 3.8) is 0 Å². The highest BCUT2D eigenvalue weighted by Crippen LogP contribution is 2.43. The first kappa shape index (κ1) is 17.1. The Bertz CT molecular complexity index is 931. The van der Waals surface area contributed by atoms with Crippen molar-refractivity contribution in [1.82, 2.24) is 0 Å². The van der Waals surface area contributed by atoms with Gasteiger partial charge in [-0.25, -0.2) is 9.59 Å². The van der Waals surface area contributed by atoms with E-state index in [0.717, 1.165) is 5.57 Å². The molecular formula is C19H20O6. The summed E-state index contributed by atoms with van der Waals surface area (Å²) in [5.74, 6) is 0.00537. The van der Waals surface area contributed by atoms with Crippen LogP contribution in [-0.4, -0.2) is 22.8 Å². The molecule has 0 radical (unpaired) electrons. The quantitative estimate of drug-likeness (QED) is 0.523. The zero-order chi connectivity index (χ0) is 18.4. The molecule has 1 aliphatic rings. The van der Waals surface area contributed by atoms with Crippen molar-refractivity contribution in [3.8, 4) is 11.5 Å². The van der Waals surface area contributed by atoms with Gasteiger partial charge in [0.15, 0.2) is 0 Å². The Balaban J connectivity index is 1.91. The van der Waals surface area contributed by atoms with Crippen LogP contribution < -0.4 is 10.4 Å². The van der Waals surface area contributed by atoms with Crippen molar-refractivity contribution in [3.05, 3.63) is 45.8 Å². The van der Waals surface area contributed by atoms with Gasteiger partial charge >= 0.3 is 11.6 Å². The first-order chi connectivity index (χ1) is 11.7. The fourth-order valence-electron chi connectivity index (χ4n) is 2.88. The highest BCUT2D eigenvalue weighted by molar-refractivity contribution is 5.87. The van der Waals surface area contributed by atoms with Crippen molar-refractivity contribution in [1.29, 1.82) is 0 Å². The average Bonchev–Trinajstić information content (AvgIpc) is 2.90. The molecule has 132 valence electrons. The average molecular weight is 344 g/mol. The number of rotatable bonds is 3. The highest BCUT2D eigenvalue weighted by Gasteiger charge is 2.41. The molecule has 0 aliphatic carbocycles. The highest BCUT2D eigenvalue weighted by atomic mass is 16.6. The fraction of sp³-hybridized carbons (Fsp3) is 0.368. The van der Waals surface area contributed by atoms with Crippen LogP contribution in [0.2, 0.25) is 0 Å². The standard InChI is InChI=1S/C19H20O6/c1-10(2)7-17(21)25-19(3,4)15-8-12-14(23-15)9-13-11(18(12)22)5-6-16(20)24-13/h5-7,9,15,22H,8H2,1-4H3/t15-/m0/s1. The molecule has 25 heavy (non-hydrogen) atoms. The van der Waals surface area contributed by atoms with E-state index in [1.54, 1.807) is 19.9 Å². The monoisotopic (exact) mass is 344 g/mol. The molecule has 0 unspecified atom stereocenters. The normalized spacial score (nSPS) is 16.2. The number of aromatic hydroxyl groups is 1. The molecule has 6 nitrogen and oxygen atoms in total. The molecular weight excluding hydrogens is 324 g/mol. The van der Waals surface area contributed by atoms with Crippen molar-refractivity contribution >= 4 is 16.9 Å². The molecule has 1 atom stereocenters. The summed E-state index contributed by atoms with van der Waals surface area (Å²) in [5.41, 5.74) is 0.302. The van der Waals surface area contributed by atoms with E-state index in [1.807, 2.05) is 13.8 Å². The minimum Gasteiger partial charge on any atom is -0.507 e. The van der Waals surface area contributed by atoms with Crippen LogP contribution in [0.4, 0.5) is 0 Å². The number of carbonyl (C=O) groups excluding carboxylic acids is 1. The predicted molar refractivity (Wildman–Crippen MR) is 91.9 cm³/mol. The van der Waals surface area contributed by atoms with Gasteiger partial charge in [0.2, 0.25) is 0 Å². The summed E-state index contributed by atoms with van der Waals surface area (Å²) in [5, 5.41) is 10.9. The predicted octanol–water partition coefficient (Wildman–Crippen LogP) is 3.09. The Kier molecular flexibility index (Phi) is 4.06. The SMILES string of the molecule is CC(C)=CC(=O)OC(C)(C)[C@@H]1Cc2c(cc3oc(=O)ccc3c2O)O1. The summed E-state index contributed by atoms with van der Waals surface area (Å²) in [6.07, 6.45) is 1.33. The van der Waals surface area contributed by atoms with Crippen LogP contribution in [0.25, 0.3) is 11.0 Å². The maximum absolute atomic E-state index is 11.9. The Morgan fingerprint density at radius 1 is 1.36 bits per heavy atom. The number of fused-ring (bicyclic) bond motifs is 2. The van der Waals surface area contributed by atoms with Crippen LogP contribution in [0, 0.1) is 0 Å². The third-order valence-electron chi connectivity index (χ3n) is 4.17. The maximum Gasteiger partial charge on any atom is 0.336 e. The number of ether oxygens (including phenoxy) is 2. The number of hydrogen-bond acceptors (Lipinski definition) is 6. The first-order valence-corrected chi connectivity index (χ1v) is 8.00. The molecule has 3 rings (SSSR count). The van der Waals surface area contributed by atoms with Crippen molar-refractivity contribution in [2.24, 2.45) is 0 Å². The van der Waals surface area contributed by atoms with Gasteiger partial charge in [-0.1, -0.05) is 5.57 Å². The Labute approximate surface area is 144 Å². The van der Waals surface area contributed by atoms with Gasteiger partial charge in [0.25, 0.3) is 0 Å². The molecule has 0 saturated heterocycles. The van der Waals surface area contributed by atoms with Crippen molar-refractivity contribution < 1.29 is 23.8 Å². The summed E-state index contributed by atoms with van der Waals surface area (Å²) in [6.45, 7) is 7.15. The molecule has 0 spiro atoms. The lowest BCUT2D eigenvalue weighted by molar-refractivity contribution is -0.158. The fourth-order valence-corrected chi connectivity index (χ4v) is 2.88. The zero-order valence-corrected chi connectivity index (χ0v) is 14.6. The molecule has 2 aromatic rings. The summed E-state index contributed by atoms with van der Waals surface area (Å²) in [7, 11) is 0. The summed E-state index contributed by atoms with van der Waals surface area (Å²) < 4.78 is 16.5. The smallest absolute Gasteiger partial charge is 0.336 e. The van der Waals surface area contributed by atoms with Gasteiger partial charge in [-0.3, -0.25) is 0 Å². The van der Waals surface area contributed by atoms with Crippen molar-refractivity contribution in [2.45, 2.75) is 45.8 Å². The van der Waals surface area contributed by atoms with E-state index in [-0.39, 0.29) is 11.3 Å². The number of benzene rings is 1. The van der Waals surface area contributed by atoms with Gasteiger partial charge in [0.1, 0.15) is 28.8 Å². The molecule has 1 aromatic carbocycles. The third kappa shape index (κ3) is 3.24. The third-order valence-corrected chi connectivity index (χ3v) is 4.17. The van der Waals surface area contributed by atoms with E-state index < -0.39 is 23.3 Å². The Morgan fingerprint density at radius 3 is 2.76 bits per heavy atom. The molecule has 1 aliphatic heterocycles. The second-order valence-corrected chi connectivity index (χ2v) is 6.92. The molecule has 0 fully saturated rings. The van der Waals surface area contributed by atoms with E-state index in [2.05, 4.69) is 0 Å². The van der Waals surface area contributed by atoms with Gasteiger partial charge in [-0.15, -0.1) is 0 Å². The molecule has 1 N–H and O–H groups in total. The van der Waals surface area contributed by atoms with Crippen LogP contribution in [0.1, 0.15) is 33.3 Å². The molecule has 2 heterocycles. The lowest BCUT2D eigenvalue weighted by Crippen LogP contribution is -2.43. The van der Waals surface area contributed by atoms with Gasteiger partial charge < -0.3 is 19.0 Å². The minimum atomic E-state index is -0.901. The van der Waals surface area contributed by atoms with Crippen LogP contribution in [0.5, 0.6) is 11.5 Å². The number of phenolic OH excluding ortho intramolecular Hbond substituents is 1. The molecule has 0 amide bonds.